The molecule has 0 spiro atoms. The highest BCUT2D eigenvalue weighted by Crippen LogP contribution is 2.18. The highest BCUT2D eigenvalue weighted by Gasteiger charge is 2.19. The monoisotopic (exact) mass is 521 g/mol. The van der Waals surface area contributed by atoms with Gasteiger partial charge in [-0.3, -0.25) is 15.3 Å². The van der Waals surface area contributed by atoms with Crippen molar-refractivity contribution < 1.29 is 9.13 Å². The first-order valence-electron chi connectivity index (χ1n) is 12.7. The molecule has 4 rings (SSSR count). The van der Waals surface area contributed by atoms with Gasteiger partial charge in [0.05, 0.1) is 37.0 Å². The molecular weight excluding hydrogens is 485 g/mol. The molecule has 1 aromatic heterocycles. The van der Waals surface area contributed by atoms with Crippen LogP contribution in [0.3, 0.4) is 0 Å². The lowest BCUT2D eigenvalue weighted by molar-refractivity contribution is 0.0676. The molecule has 0 unspecified atom stereocenters. The summed E-state index contributed by atoms with van der Waals surface area (Å²) in [5.41, 5.74) is 11.9. The van der Waals surface area contributed by atoms with Crippen molar-refractivity contribution in [2.45, 2.75) is 6.54 Å². The second-order valence-electron chi connectivity index (χ2n) is 9.24. The normalized spacial score (nSPS) is 18.1. The molecule has 1 aromatic carbocycles. The molecule has 3 heterocycles. The summed E-state index contributed by atoms with van der Waals surface area (Å²) in [6.07, 6.45) is 4.17. The van der Waals surface area contributed by atoms with E-state index in [0.717, 1.165) is 50.3 Å². The molecule has 0 bridgehead atoms. The van der Waals surface area contributed by atoms with Gasteiger partial charge in [-0.25, -0.2) is 9.38 Å². The number of likely N-dealkylation sites (N-methyl/N-ethyl adjacent to an activating group) is 1. The first-order valence-corrected chi connectivity index (χ1v) is 12.7. The minimum absolute atomic E-state index is 0.101. The van der Waals surface area contributed by atoms with Gasteiger partial charge in [-0.05, 0) is 36.9 Å². The van der Waals surface area contributed by atoms with Gasteiger partial charge in [-0.1, -0.05) is 18.7 Å². The van der Waals surface area contributed by atoms with E-state index in [-0.39, 0.29) is 11.7 Å². The van der Waals surface area contributed by atoms with Crippen molar-refractivity contribution in [2.24, 2.45) is 15.8 Å². The van der Waals surface area contributed by atoms with Crippen LogP contribution in [0.5, 0.6) is 0 Å². The van der Waals surface area contributed by atoms with E-state index in [4.69, 9.17) is 10.5 Å². The standard InChI is InChI=1S/C27H36FN9O/c1-21(32-27(26(28)17-29)37-13-15-38-16-14-37)34-31-19-24-7-8-25(18-30-24)33-23-5-3-22(4-6-23)20-36-11-9-35(2)10-12-36/h3-8,17-19,33-34H,1,9-16,20,29H2,2H3/b26-17+,31-19+,32-27?. The third-order valence-electron chi connectivity index (χ3n) is 6.33. The van der Waals surface area contributed by atoms with E-state index in [2.05, 4.69) is 73.5 Å². The van der Waals surface area contributed by atoms with Gasteiger partial charge in [0.1, 0.15) is 5.82 Å². The number of pyridine rings is 1. The number of anilines is 2. The SMILES string of the molecule is C=C(N=C(/C(F)=C\N)N1CCOCC1)N/N=C/c1ccc(Nc2ccc(CN3CCN(C)CC3)cc2)cn1. The van der Waals surface area contributed by atoms with Gasteiger partial charge in [0.25, 0.3) is 0 Å². The lowest BCUT2D eigenvalue weighted by Gasteiger charge is -2.32. The van der Waals surface area contributed by atoms with Crippen LogP contribution in [0.15, 0.2) is 77.1 Å². The number of nitrogens with zero attached hydrogens (tertiary/aromatic N) is 6. The summed E-state index contributed by atoms with van der Waals surface area (Å²) in [5.74, 6) is -0.355. The summed E-state index contributed by atoms with van der Waals surface area (Å²) in [6.45, 7) is 11.2. The third-order valence-corrected chi connectivity index (χ3v) is 6.33. The number of nitrogens with two attached hydrogens (primary N) is 1. The van der Waals surface area contributed by atoms with Crippen LogP contribution >= 0.6 is 0 Å². The summed E-state index contributed by atoms with van der Waals surface area (Å²) in [7, 11) is 2.17. The molecule has 2 aliphatic heterocycles. The molecule has 2 aromatic rings. The summed E-state index contributed by atoms with van der Waals surface area (Å²) < 4.78 is 19.6. The Hall–Kier alpha value is -3.80. The molecule has 4 N–H and O–H groups in total. The number of morpholine rings is 1. The highest BCUT2D eigenvalue weighted by molar-refractivity contribution is 5.96. The van der Waals surface area contributed by atoms with Crippen molar-refractivity contribution in [1.82, 2.24) is 25.1 Å². The van der Waals surface area contributed by atoms with Crippen LogP contribution in [0, 0.1) is 0 Å². The van der Waals surface area contributed by atoms with Gasteiger partial charge in [0.2, 0.25) is 0 Å². The van der Waals surface area contributed by atoms with E-state index in [9.17, 15) is 4.39 Å². The Labute approximate surface area is 223 Å². The number of rotatable bonds is 9. The Morgan fingerprint density at radius 2 is 1.79 bits per heavy atom. The number of benzene rings is 1. The minimum atomic E-state index is -0.631. The Morgan fingerprint density at radius 1 is 1.08 bits per heavy atom. The van der Waals surface area contributed by atoms with Crippen molar-refractivity contribution in [2.75, 3.05) is 64.8 Å². The van der Waals surface area contributed by atoms with Crippen LogP contribution in [0.1, 0.15) is 11.3 Å². The van der Waals surface area contributed by atoms with Crippen molar-refractivity contribution in [3.8, 4) is 0 Å². The molecular formula is C27H36FN9O. The number of aliphatic imine (C=N–C) groups is 1. The van der Waals surface area contributed by atoms with Crippen LogP contribution in [-0.2, 0) is 11.3 Å². The predicted octanol–water partition coefficient (Wildman–Crippen LogP) is 2.47. The largest absolute Gasteiger partial charge is 0.402 e. The molecule has 38 heavy (non-hydrogen) atoms. The molecule has 10 nitrogen and oxygen atoms in total. The summed E-state index contributed by atoms with van der Waals surface area (Å²) in [6, 6.07) is 12.3. The molecule has 0 amide bonds. The minimum Gasteiger partial charge on any atom is -0.402 e. The van der Waals surface area contributed by atoms with Gasteiger partial charge in [-0.2, -0.15) is 5.10 Å². The number of hydrogen-bond acceptors (Lipinski definition) is 9. The third kappa shape index (κ3) is 8.10. The van der Waals surface area contributed by atoms with E-state index in [0.29, 0.717) is 32.0 Å². The molecule has 2 saturated heterocycles. The summed E-state index contributed by atoms with van der Waals surface area (Å²) >= 11 is 0. The second kappa shape index (κ2) is 13.7. The highest BCUT2D eigenvalue weighted by atomic mass is 19.1. The van der Waals surface area contributed by atoms with Crippen LogP contribution in [0.2, 0.25) is 0 Å². The Morgan fingerprint density at radius 3 is 2.45 bits per heavy atom. The summed E-state index contributed by atoms with van der Waals surface area (Å²) in [5, 5.41) is 7.48. The molecule has 2 aliphatic rings. The predicted molar refractivity (Wildman–Crippen MR) is 150 cm³/mol. The number of hydrazone groups is 1. The maximum Gasteiger partial charge on any atom is 0.181 e. The zero-order valence-electron chi connectivity index (χ0n) is 21.8. The Kier molecular flexibility index (Phi) is 9.79. The number of aromatic nitrogens is 1. The molecule has 0 saturated carbocycles. The molecule has 202 valence electrons. The lowest BCUT2D eigenvalue weighted by atomic mass is 10.1. The number of ether oxygens (including phenoxy) is 1. The first-order chi connectivity index (χ1) is 18.5. The first kappa shape index (κ1) is 27.2. The molecule has 11 heteroatoms. The number of nitrogens with one attached hydrogen (secondary N) is 2. The van der Waals surface area contributed by atoms with Gasteiger partial charge in [-0.15, -0.1) is 0 Å². The van der Waals surface area contributed by atoms with Gasteiger partial charge >= 0.3 is 0 Å². The molecule has 0 atom stereocenters. The zero-order chi connectivity index (χ0) is 26.7. The summed E-state index contributed by atoms with van der Waals surface area (Å²) in [4.78, 5) is 15.2. The van der Waals surface area contributed by atoms with Gasteiger partial charge < -0.3 is 25.6 Å². The lowest BCUT2D eigenvalue weighted by Crippen LogP contribution is -2.43. The molecule has 2 fully saturated rings. The Balaban J connectivity index is 1.27. The second-order valence-corrected chi connectivity index (χ2v) is 9.24. The number of hydrogen-bond donors (Lipinski definition) is 3. The van der Waals surface area contributed by atoms with Crippen LogP contribution < -0.4 is 16.5 Å². The number of halogens is 1. The van der Waals surface area contributed by atoms with E-state index in [1.165, 1.54) is 5.56 Å². The van der Waals surface area contributed by atoms with Crippen LogP contribution in [-0.4, -0.2) is 91.3 Å². The fourth-order valence-electron chi connectivity index (χ4n) is 4.13. The fourth-order valence-corrected chi connectivity index (χ4v) is 4.13. The maximum absolute atomic E-state index is 14.2. The van der Waals surface area contributed by atoms with Crippen molar-refractivity contribution in [1.29, 1.82) is 0 Å². The van der Waals surface area contributed by atoms with Crippen molar-refractivity contribution >= 4 is 23.4 Å². The van der Waals surface area contributed by atoms with E-state index < -0.39 is 5.83 Å². The molecule has 0 radical (unpaired) electrons. The van der Waals surface area contributed by atoms with E-state index in [1.807, 2.05) is 12.1 Å². The fraction of sp³-hybridized carbons (Fsp3) is 0.370. The van der Waals surface area contributed by atoms with E-state index in [1.54, 1.807) is 17.3 Å². The smallest absolute Gasteiger partial charge is 0.181 e. The van der Waals surface area contributed by atoms with Gasteiger partial charge in [0.15, 0.2) is 11.7 Å². The van der Waals surface area contributed by atoms with Gasteiger partial charge in [0, 0.05) is 57.7 Å². The van der Waals surface area contributed by atoms with Crippen LogP contribution in [0.25, 0.3) is 0 Å². The topological polar surface area (TPSA) is 107 Å². The maximum atomic E-state index is 14.2. The van der Waals surface area contributed by atoms with Crippen LogP contribution in [0.4, 0.5) is 15.8 Å². The average Bonchev–Trinajstić information content (AvgIpc) is 2.95. The number of amidine groups is 1. The zero-order valence-corrected chi connectivity index (χ0v) is 21.8. The van der Waals surface area contributed by atoms with Crippen molar-refractivity contribution in [3.05, 3.63) is 78.3 Å². The average molecular weight is 522 g/mol. The van der Waals surface area contributed by atoms with E-state index >= 15 is 0 Å². The van der Waals surface area contributed by atoms with Crippen molar-refractivity contribution in [3.63, 3.8) is 0 Å². The quantitative estimate of drug-likeness (QED) is 0.263. The molecule has 0 aliphatic carbocycles. The number of piperazine rings is 1. The Bertz CT molecular complexity index is 1130.